The van der Waals surface area contributed by atoms with Crippen molar-refractivity contribution in [3.05, 3.63) is 83.4 Å². The number of aliphatic hydroxyl groups excluding tert-OH is 2. The lowest BCUT2D eigenvalue weighted by Gasteiger charge is -2.68. The highest BCUT2D eigenvalue weighted by molar-refractivity contribution is 5.90. The Morgan fingerprint density at radius 1 is 0.864 bits per heavy atom. The van der Waals surface area contributed by atoms with E-state index in [2.05, 4.69) is 0 Å². The fourth-order valence-electron chi connectivity index (χ4n) is 9.18. The predicted molar refractivity (Wildman–Crippen MR) is 159 cm³/mol. The zero-order valence-electron chi connectivity index (χ0n) is 25.3. The van der Waals surface area contributed by atoms with Crippen molar-refractivity contribution in [1.29, 1.82) is 0 Å². The van der Waals surface area contributed by atoms with Crippen LogP contribution < -0.4 is 0 Å². The van der Waals surface area contributed by atoms with Gasteiger partial charge in [-0.25, -0.2) is 9.59 Å². The van der Waals surface area contributed by atoms with Gasteiger partial charge in [0.05, 0.1) is 22.6 Å². The number of hydrogen-bond acceptors (Lipinski definition) is 9. The molecule has 10 atom stereocenters. The third kappa shape index (κ3) is 4.09. The summed E-state index contributed by atoms with van der Waals surface area (Å²) in [6, 6.07) is 16.7. The fraction of sp³-hybridized carbons (Fsp3) is 0.543. The van der Waals surface area contributed by atoms with E-state index in [0.717, 1.165) is 5.57 Å². The molecule has 0 bridgehead atoms. The molecular weight excluding hydrogens is 564 g/mol. The summed E-state index contributed by atoms with van der Waals surface area (Å²) in [7, 11) is 0. The Morgan fingerprint density at radius 2 is 1.45 bits per heavy atom. The van der Waals surface area contributed by atoms with Crippen molar-refractivity contribution in [3.8, 4) is 0 Å². The Hall–Kier alpha value is -3.08. The Kier molecular flexibility index (Phi) is 7.37. The lowest BCUT2D eigenvalue weighted by atomic mass is 9.41. The second kappa shape index (κ2) is 10.5. The maximum absolute atomic E-state index is 13.6. The highest BCUT2D eigenvalue weighted by atomic mass is 16.6. The van der Waals surface area contributed by atoms with Gasteiger partial charge in [0.2, 0.25) is 0 Å². The molecule has 236 valence electrons. The molecule has 3 saturated carbocycles. The topological polar surface area (TPSA) is 154 Å². The summed E-state index contributed by atoms with van der Waals surface area (Å²) in [4.78, 5) is 26.7. The molecule has 9 nitrogen and oxygen atoms in total. The van der Waals surface area contributed by atoms with E-state index in [4.69, 9.17) is 9.47 Å². The van der Waals surface area contributed by atoms with E-state index < -0.39 is 69.9 Å². The van der Waals surface area contributed by atoms with Crippen LogP contribution in [0.25, 0.3) is 0 Å². The number of carbonyl (C=O) groups excluding carboxylic acids is 2. The zero-order chi connectivity index (χ0) is 31.7. The van der Waals surface area contributed by atoms with Gasteiger partial charge < -0.3 is 35.0 Å². The third-order valence-electron chi connectivity index (χ3n) is 11.9. The van der Waals surface area contributed by atoms with Crippen LogP contribution in [0.1, 0.15) is 80.0 Å². The van der Waals surface area contributed by atoms with Gasteiger partial charge in [0.15, 0.2) is 0 Å². The number of aliphatic hydroxyl groups is 5. The minimum atomic E-state index is -2.17. The molecule has 6 rings (SSSR count). The average Bonchev–Trinajstić information content (AvgIpc) is 3.24. The molecule has 0 heterocycles. The Balaban J connectivity index is 1.46. The molecule has 4 aliphatic carbocycles. The molecule has 3 fully saturated rings. The van der Waals surface area contributed by atoms with Gasteiger partial charge in [-0.3, -0.25) is 0 Å². The molecule has 0 aromatic heterocycles. The number of benzene rings is 2. The first-order valence-corrected chi connectivity index (χ1v) is 15.5. The smallest absolute Gasteiger partial charge is 0.338 e. The first-order valence-electron chi connectivity index (χ1n) is 15.5. The summed E-state index contributed by atoms with van der Waals surface area (Å²) in [5, 5.41) is 60.2. The maximum Gasteiger partial charge on any atom is 0.338 e. The maximum atomic E-state index is 13.6. The van der Waals surface area contributed by atoms with E-state index >= 15 is 0 Å². The van der Waals surface area contributed by atoms with Gasteiger partial charge in [-0.1, -0.05) is 61.9 Å². The highest BCUT2D eigenvalue weighted by Gasteiger charge is 2.83. The van der Waals surface area contributed by atoms with Crippen LogP contribution in [-0.2, 0) is 9.47 Å². The van der Waals surface area contributed by atoms with Crippen molar-refractivity contribution in [2.24, 2.45) is 16.7 Å². The molecule has 0 aliphatic heterocycles. The van der Waals surface area contributed by atoms with E-state index in [-0.39, 0.29) is 30.4 Å². The molecule has 3 unspecified atom stereocenters. The van der Waals surface area contributed by atoms with Crippen molar-refractivity contribution < 1.29 is 44.6 Å². The minimum absolute atomic E-state index is 0.0105. The lowest BCUT2D eigenvalue weighted by Crippen LogP contribution is -2.81. The van der Waals surface area contributed by atoms with Crippen molar-refractivity contribution in [3.63, 3.8) is 0 Å². The number of rotatable bonds is 5. The molecule has 9 heteroatoms. The van der Waals surface area contributed by atoms with E-state index in [1.165, 1.54) is 6.92 Å². The van der Waals surface area contributed by atoms with E-state index in [0.29, 0.717) is 19.3 Å². The van der Waals surface area contributed by atoms with Crippen LogP contribution in [0, 0.1) is 16.7 Å². The molecule has 0 saturated heterocycles. The monoisotopic (exact) mass is 606 g/mol. The quantitative estimate of drug-likeness (QED) is 0.255. The summed E-state index contributed by atoms with van der Waals surface area (Å²) < 4.78 is 12.0. The normalized spacial score (nSPS) is 41.8. The van der Waals surface area contributed by atoms with Crippen molar-refractivity contribution in [2.45, 2.75) is 101 Å². The molecular formula is C35H42O9. The van der Waals surface area contributed by atoms with Crippen LogP contribution in [0.4, 0.5) is 0 Å². The number of carbonyl (C=O) groups is 2. The van der Waals surface area contributed by atoms with E-state index in [9.17, 15) is 35.1 Å². The molecule has 0 radical (unpaired) electrons. The van der Waals surface area contributed by atoms with E-state index in [1.807, 2.05) is 6.92 Å². The number of ether oxygens (including phenoxy) is 2. The lowest BCUT2D eigenvalue weighted by molar-refractivity contribution is -0.341. The fourth-order valence-corrected chi connectivity index (χ4v) is 9.18. The standard InChI is InChI=1S/C35H42O9/c1-21(43-29(38)22-10-6-4-7-11-22)33(40)16-17-34(41)32(33,3)28(44-30(39)23-12-8-5-9-13-23)20-26-31(2)15-14-25(36)18-24(31)19-27(37)35(26,34)42/h4-13,19,21,25-28,36-37,40-42H,14-18,20H2,1-3H3/t21?,25-,26?,27?,28+,31-,32+,33+,34+,35+/m0/s1. The van der Waals surface area contributed by atoms with Crippen molar-refractivity contribution in [2.75, 3.05) is 0 Å². The van der Waals surface area contributed by atoms with Crippen LogP contribution in [0.5, 0.6) is 0 Å². The van der Waals surface area contributed by atoms with Crippen LogP contribution in [-0.4, -0.2) is 78.7 Å². The minimum Gasteiger partial charge on any atom is -0.458 e. The zero-order valence-corrected chi connectivity index (χ0v) is 25.3. The summed E-state index contributed by atoms with van der Waals surface area (Å²) in [6.45, 7) is 5.05. The second-order valence-electron chi connectivity index (χ2n) is 13.7. The molecule has 2 aromatic rings. The number of fused-ring (bicyclic) bond motifs is 5. The SMILES string of the molecule is CC(OC(=O)c1ccccc1)[C@]1(O)CC[C@]2(O)[C@]3(O)C(O)C=C4C[C@@H](O)CC[C@]4(C)C3C[C@@H](OC(=O)c3ccccc3)[C@@]21C. The molecule has 0 amide bonds. The van der Waals surface area contributed by atoms with Crippen molar-refractivity contribution in [1.82, 2.24) is 0 Å². The van der Waals surface area contributed by atoms with Crippen molar-refractivity contribution >= 4 is 11.9 Å². The number of esters is 2. The summed E-state index contributed by atoms with van der Waals surface area (Å²) in [6.07, 6.45) is -1.88. The van der Waals surface area contributed by atoms with Gasteiger partial charge in [0.25, 0.3) is 0 Å². The molecule has 5 N–H and O–H groups in total. The Bertz CT molecular complexity index is 1460. The summed E-state index contributed by atoms with van der Waals surface area (Å²) in [5.41, 5.74) is -7.46. The summed E-state index contributed by atoms with van der Waals surface area (Å²) >= 11 is 0. The molecule has 4 aliphatic rings. The molecule has 0 spiro atoms. The Morgan fingerprint density at radius 3 is 2.07 bits per heavy atom. The average molecular weight is 607 g/mol. The second-order valence-corrected chi connectivity index (χ2v) is 13.7. The van der Waals surface area contributed by atoms with Crippen LogP contribution in [0.3, 0.4) is 0 Å². The number of hydrogen-bond donors (Lipinski definition) is 5. The Labute approximate surface area is 257 Å². The largest absolute Gasteiger partial charge is 0.458 e. The van der Waals surface area contributed by atoms with Gasteiger partial charge in [0.1, 0.15) is 35.1 Å². The third-order valence-corrected chi connectivity index (χ3v) is 11.9. The molecule has 44 heavy (non-hydrogen) atoms. The van der Waals surface area contributed by atoms with Crippen LogP contribution >= 0.6 is 0 Å². The van der Waals surface area contributed by atoms with Gasteiger partial charge >= 0.3 is 11.9 Å². The van der Waals surface area contributed by atoms with Gasteiger partial charge in [-0.2, -0.15) is 0 Å². The van der Waals surface area contributed by atoms with Gasteiger partial charge in [-0.05, 0) is 75.1 Å². The van der Waals surface area contributed by atoms with Gasteiger partial charge in [0, 0.05) is 5.92 Å². The highest BCUT2D eigenvalue weighted by Crippen LogP contribution is 2.71. The predicted octanol–water partition coefficient (Wildman–Crippen LogP) is 3.32. The molecule has 2 aromatic carbocycles. The summed E-state index contributed by atoms with van der Waals surface area (Å²) in [5.74, 6) is -2.12. The van der Waals surface area contributed by atoms with Crippen LogP contribution in [0.2, 0.25) is 0 Å². The van der Waals surface area contributed by atoms with E-state index in [1.54, 1.807) is 73.7 Å². The first kappa shape index (κ1) is 30.9. The first-order chi connectivity index (χ1) is 20.7. The van der Waals surface area contributed by atoms with Gasteiger partial charge in [-0.15, -0.1) is 0 Å². The van der Waals surface area contributed by atoms with Crippen LogP contribution in [0.15, 0.2) is 72.3 Å².